The number of benzene rings is 2. The highest BCUT2D eigenvalue weighted by Gasteiger charge is 2.22. The smallest absolute Gasteiger partial charge is 0.180 e. The van der Waals surface area contributed by atoms with Crippen LogP contribution in [0.15, 0.2) is 71.1 Å². The van der Waals surface area contributed by atoms with Crippen molar-refractivity contribution in [1.82, 2.24) is 15.4 Å². The van der Waals surface area contributed by atoms with Crippen LogP contribution < -0.4 is 10.2 Å². The van der Waals surface area contributed by atoms with Crippen LogP contribution >= 0.6 is 0 Å². The molecule has 1 aromatic heterocycles. The highest BCUT2D eigenvalue weighted by atomic mass is 32.2. The first-order valence-corrected chi connectivity index (χ1v) is 14.5. The summed E-state index contributed by atoms with van der Waals surface area (Å²) in [6.45, 7) is 9.73. The van der Waals surface area contributed by atoms with Crippen LogP contribution in [0.1, 0.15) is 37.9 Å². The quantitative estimate of drug-likeness (QED) is 0.288. The third-order valence-electron chi connectivity index (χ3n) is 6.63. The molecule has 37 heavy (non-hydrogen) atoms. The second kappa shape index (κ2) is 12.2. The summed E-state index contributed by atoms with van der Waals surface area (Å²) in [6, 6.07) is 15.8. The van der Waals surface area contributed by atoms with E-state index in [0.717, 1.165) is 54.6 Å². The molecule has 1 aliphatic heterocycles. The van der Waals surface area contributed by atoms with E-state index < -0.39 is 15.9 Å². The first-order chi connectivity index (χ1) is 17.7. The molecule has 4 rings (SSSR count). The van der Waals surface area contributed by atoms with Crippen molar-refractivity contribution in [2.24, 2.45) is 5.92 Å². The van der Waals surface area contributed by atoms with E-state index in [9.17, 15) is 13.6 Å². The number of fused-ring (bicyclic) bond motifs is 1. The second-order valence-corrected chi connectivity index (χ2v) is 12.3. The molecule has 1 fully saturated rings. The van der Waals surface area contributed by atoms with Crippen molar-refractivity contribution in [3.8, 4) is 5.75 Å². The number of rotatable bonds is 10. The summed E-state index contributed by atoms with van der Waals surface area (Å²) in [7, 11) is -3.61. The molecule has 0 aliphatic carbocycles. The van der Waals surface area contributed by atoms with Gasteiger partial charge in [0.2, 0.25) is 0 Å². The predicted molar refractivity (Wildman–Crippen MR) is 147 cm³/mol. The van der Waals surface area contributed by atoms with Crippen molar-refractivity contribution < 1.29 is 18.4 Å². The van der Waals surface area contributed by atoms with Crippen molar-refractivity contribution in [1.29, 1.82) is 0 Å². The van der Waals surface area contributed by atoms with Gasteiger partial charge in [0, 0.05) is 36.3 Å². The molecule has 0 radical (unpaired) electrons. The average molecular weight is 524 g/mol. The SMILES string of the molecule is Cc1cc(COc2ccc(S(=O)(=O)CC(C=C3CCN(CC(C)C)CC3)NO)cc2)c2ccccc2n1. The number of hydrogen-bond acceptors (Lipinski definition) is 7. The van der Waals surface area contributed by atoms with Gasteiger partial charge in [-0.05, 0) is 62.1 Å². The topological polar surface area (TPSA) is 91.8 Å². The fourth-order valence-corrected chi connectivity index (χ4v) is 6.25. The Bertz CT molecular complexity index is 1330. The maximum Gasteiger partial charge on any atom is 0.180 e. The number of hydrogen-bond donors (Lipinski definition) is 2. The van der Waals surface area contributed by atoms with Crippen LogP contribution in [-0.2, 0) is 16.4 Å². The number of para-hydroxylation sites is 1. The van der Waals surface area contributed by atoms with Crippen molar-refractivity contribution in [2.45, 2.75) is 51.2 Å². The fourth-order valence-electron chi connectivity index (χ4n) is 4.86. The normalized spacial score (nSPS) is 15.8. The number of hydroxylamine groups is 1. The number of sulfone groups is 1. The van der Waals surface area contributed by atoms with E-state index >= 15 is 0 Å². The molecule has 2 N–H and O–H groups in total. The largest absolute Gasteiger partial charge is 0.489 e. The molecule has 2 heterocycles. The number of aryl methyl sites for hydroxylation is 1. The Morgan fingerprint density at radius 2 is 1.81 bits per heavy atom. The molecule has 0 bridgehead atoms. The molecule has 0 amide bonds. The van der Waals surface area contributed by atoms with Crippen molar-refractivity contribution >= 4 is 20.7 Å². The Morgan fingerprint density at radius 1 is 1.11 bits per heavy atom. The van der Waals surface area contributed by atoms with Gasteiger partial charge in [0.25, 0.3) is 0 Å². The number of piperidine rings is 1. The molecule has 1 unspecified atom stereocenters. The lowest BCUT2D eigenvalue weighted by atomic mass is 10.0. The Balaban J connectivity index is 1.37. The van der Waals surface area contributed by atoms with E-state index in [1.54, 1.807) is 24.3 Å². The van der Waals surface area contributed by atoms with Crippen molar-refractivity contribution in [3.05, 3.63) is 77.5 Å². The zero-order valence-corrected chi connectivity index (χ0v) is 22.7. The molecule has 0 spiro atoms. The van der Waals surface area contributed by atoms with Crippen LogP contribution in [0, 0.1) is 12.8 Å². The van der Waals surface area contributed by atoms with Gasteiger partial charge in [0.1, 0.15) is 12.4 Å². The molecule has 1 atom stereocenters. The number of nitrogens with zero attached hydrogens (tertiary/aromatic N) is 2. The highest BCUT2D eigenvalue weighted by Crippen LogP contribution is 2.23. The van der Waals surface area contributed by atoms with E-state index in [2.05, 4.69) is 29.2 Å². The summed E-state index contributed by atoms with van der Waals surface area (Å²) < 4.78 is 32.1. The van der Waals surface area contributed by atoms with E-state index in [1.807, 2.05) is 43.3 Å². The maximum atomic E-state index is 13.1. The van der Waals surface area contributed by atoms with E-state index in [1.165, 1.54) is 5.57 Å². The van der Waals surface area contributed by atoms with Gasteiger partial charge in [-0.3, -0.25) is 4.98 Å². The van der Waals surface area contributed by atoms with E-state index in [0.29, 0.717) is 18.3 Å². The van der Waals surface area contributed by atoms with E-state index in [4.69, 9.17) is 4.74 Å². The summed E-state index contributed by atoms with van der Waals surface area (Å²) in [6.07, 6.45) is 3.66. The summed E-state index contributed by atoms with van der Waals surface area (Å²) in [5.74, 6) is 0.995. The highest BCUT2D eigenvalue weighted by molar-refractivity contribution is 7.91. The Kier molecular flexibility index (Phi) is 8.97. The minimum absolute atomic E-state index is 0.204. The number of aromatic nitrogens is 1. The fraction of sp³-hybridized carbons (Fsp3) is 0.414. The second-order valence-electron chi connectivity index (χ2n) is 10.2. The standard InChI is InChI=1S/C29H37N3O4S/c1-21(2)18-32-14-12-23(13-15-32)17-25(31-33)20-37(34,35)27-10-8-26(9-11-27)36-19-24-16-22(3)30-29-7-5-4-6-28(24)29/h4-11,16-17,21,25,31,33H,12-15,18-20H2,1-3H3. The summed E-state index contributed by atoms with van der Waals surface area (Å²) >= 11 is 0. The summed E-state index contributed by atoms with van der Waals surface area (Å²) in [4.78, 5) is 7.20. The van der Waals surface area contributed by atoms with Crippen LogP contribution in [0.4, 0.5) is 0 Å². The zero-order valence-electron chi connectivity index (χ0n) is 21.9. The lowest BCUT2D eigenvalue weighted by Gasteiger charge is -2.30. The average Bonchev–Trinajstić information content (AvgIpc) is 2.87. The first kappa shape index (κ1) is 27.3. The number of pyridine rings is 1. The third kappa shape index (κ3) is 7.38. The van der Waals surface area contributed by atoms with Crippen molar-refractivity contribution in [3.63, 3.8) is 0 Å². The first-order valence-electron chi connectivity index (χ1n) is 12.9. The maximum absolute atomic E-state index is 13.1. The Hall–Kier alpha value is -2.78. The van der Waals surface area contributed by atoms with Crippen LogP contribution in [-0.4, -0.2) is 54.9 Å². The number of nitrogens with one attached hydrogen (secondary N) is 1. The number of ether oxygens (including phenoxy) is 1. The Labute approximate surface area is 220 Å². The monoisotopic (exact) mass is 523 g/mol. The van der Waals surface area contributed by atoms with Gasteiger partial charge < -0.3 is 14.8 Å². The summed E-state index contributed by atoms with van der Waals surface area (Å²) in [5, 5.41) is 10.7. The van der Waals surface area contributed by atoms with Gasteiger partial charge in [-0.15, -0.1) is 0 Å². The molecule has 1 saturated heterocycles. The molecule has 0 saturated carbocycles. The van der Waals surface area contributed by atoms with Crippen molar-refractivity contribution in [2.75, 3.05) is 25.4 Å². The lowest BCUT2D eigenvalue weighted by Crippen LogP contribution is -2.35. The van der Waals surface area contributed by atoms with Crippen LogP contribution in [0.3, 0.4) is 0 Å². The van der Waals surface area contributed by atoms with Crippen LogP contribution in [0.25, 0.3) is 10.9 Å². The van der Waals surface area contributed by atoms with Gasteiger partial charge >= 0.3 is 0 Å². The Morgan fingerprint density at radius 3 is 2.49 bits per heavy atom. The zero-order chi connectivity index (χ0) is 26.4. The van der Waals surface area contributed by atoms with Crippen LogP contribution in [0.5, 0.6) is 5.75 Å². The molecular weight excluding hydrogens is 486 g/mol. The molecule has 7 nitrogen and oxygen atoms in total. The minimum atomic E-state index is -3.61. The van der Waals surface area contributed by atoms with Gasteiger partial charge in [0.05, 0.1) is 22.2 Å². The van der Waals surface area contributed by atoms with Crippen LogP contribution in [0.2, 0.25) is 0 Å². The predicted octanol–water partition coefficient (Wildman–Crippen LogP) is 4.92. The van der Waals surface area contributed by atoms with Gasteiger partial charge in [-0.2, -0.15) is 5.48 Å². The molecule has 198 valence electrons. The van der Waals surface area contributed by atoms with Gasteiger partial charge in [-0.1, -0.05) is 43.7 Å². The molecule has 1 aliphatic rings. The van der Waals surface area contributed by atoms with Gasteiger partial charge in [0.15, 0.2) is 9.84 Å². The minimum Gasteiger partial charge on any atom is -0.489 e. The molecule has 2 aromatic carbocycles. The molecule has 3 aromatic rings. The lowest BCUT2D eigenvalue weighted by molar-refractivity contribution is 0.149. The molecule has 8 heteroatoms. The van der Waals surface area contributed by atoms with E-state index in [-0.39, 0.29) is 10.6 Å². The molecular formula is C29H37N3O4S. The number of likely N-dealkylation sites (tertiary alicyclic amines) is 1. The summed E-state index contributed by atoms with van der Waals surface area (Å²) in [5.41, 5.74) is 6.24. The third-order valence-corrected chi connectivity index (χ3v) is 8.42. The van der Waals surface area contributed by atoms with Gasteiger partial charge in [-0.25, -0.2) is 8.42 Å².